The van der Waals surface area contributed by atoms with Gasteiger partial charge < -0.3 is 24.1 Å². The van der Waals surface area contributed by atoms with Crippen molar-refractivity contribution >= 4 is 5.78 Å². The van der Waals surface area contributed by atoms with Gasteiger partial charge in [-0.1, -0.05) is 13.8 Å². The lowest BCUT2D eigenvalue weighted by Gasteiger charge is -2.35. The van der Waals surface area contributed by atoms with Crippen molar-refractivity contribution in [1.82, 2.24) is 0 Å². The largest absolute Gasteiger partial charge is 0.829 e. The molecular weight excluding hydrogens is 240 g/mol. The maximum atomic E-state index is 12.1. The molecule has 2 heterocycles. The van der Waals surface area contributed by atoms with Crippen LogP contribution >= 0.6 is 0 Å². The van der Waals surface area contributed by atoms with E-state index < -0.39 is 23.8 Å². The van der Waals surface area contributed by atoms with Crippen LogP contribution in [0.25, 0.3) is 0 Å². The average molecular weight is 259 g/mol. The Morgan fingerprint density at radius 1 is 1.44 bits per heavy atom. The first-order valence-electron chi connectivity index (χ1n) is 6.03. The molecular formula is C12H19O6-. The molecule has 6 heteroatoms. The summed E-state index contributed by atoms with van der Waals surface area (Å²) < 4.78 is 21.5. The minimum Gasteiger partial charge on any atom is -0.829 e. The smallest absolute Gasteiger partial charge is 0.195 e. The summed E-state index contributed by atoms with van der Waals surface area (Å²) in [5, 5.41) is 11.3. The molecule has 6 nitrogen and oxygen atoms in total. The van der Waals surface area contributed by atoms with Crippen LogP contribution < -0.4 is 5.11 Å². The van der Waals surface area contributed by atoms with Gasteiger partial charge in [-0.25, -0.2) is 0 Å². The third-order valence-electron chi connectivity index (χ3n) is 2.83. The second-order valence-electron chi connectivity index (χ2n) is 5.53. The van der Waals surface area contributed by atoms with Gasteiger partial charge in [0.05, 0.1) is 13.2 Å². The van der Waals surface area contributed by atoms with Crippen molar-refractivity contribution in [2.75, 3.05) is 13.2 Å². The molecule has 104 valence electrons. The van der Waals surface area contributed by atoms with Crippen molar-refractivity contribution in [2.45, 2.75) is 57.6 Å². The van der Waals surface area contributed by atoms with Crippen LogP contribution in [0.15, 0.2) is 0 Å². The highest BCUT2D eigenvalue weighted by Gasteiger charge is 2.50. The number of carbonyl (C=O) groups is 1. The SMILES string of the molecule is CC(C)([O-])OC[C@@H]1OC[C@@H]2OC(C)(C)O[C@@H]2C1=O. The molecule has 0 bridgehead atoms. The minimum atomic E-state index is -1.53. The molecule has 3 atom stereocenters. The zero-order valence-electron chi connectivity index (χ0n) is 11.1. The van der Waals surface area contributed by atoms with E-state index in [-0.39, 0.29) is 25.1 Å². The van der Waals surface area contributed by atoms with Crippen LogP contribution in [0.1, 0.15) is 27.7 Å². The monoisotopic (exact) mass is 259 g/mol. The van der Waals surface area contributed by atoms with E-state index in [0.29, 0.717) is 0 Å². The lowest BCUT2D eigenvalue weighted by atomic mass is 10.0. The summed E-state index contributed by atoms with van der Waals surface area (Å²) in [5.74, 6) is -2.53. The summed E-state index contributed by atoms with van der Waals surface area (Å²) in [6, 6.07) is 0. The first kappa shape index (κ1) is 13.9. The zero-order valence-corrected chi connectivity index (χ0v) is 11.1. The van der Waals surface area contributed by atoms with Crippen LogP contribution in [0.4, 0.5) is 0 Å². The van der Waals surface area contributed by atoms with E-state index in [4.69, 9.17) is 18.9 Å². The predicted octanol–water partition coefficient (Wildman–Crippen LogP) is -0.413. The number of ketones is 1. The van der Waals surface area contributed by atoms with Crippen LogP contribution in [0, 0.1) is 0 Å². The van der Waals surface area contributed by atoms with Gasteiger partial charge in [0.15, 0.2) is 17.7 Å². The Bertz CT molecular complexity index is 332. The molecule has 0 aliphatic carbocycles. The van der Waals surface area contributed by atoms with Crippen molar-refractivity contribution in [2.24, 2.45) is 0 Å². The highest BCUT2D eigenvalue weighted by molar-refractivity contribution is 5.89. The molecule has 0 aromatic rings. The van der Waals surface area contributed by atoms with Crippen LogP contribution in [-0.2, 0) is 23.7 Å². The molecule has 2 fully saturated rings. The summed E-state index contributed by atoms with van der Waals surface area (Å²) in [7, 11) is 0. The summed E-state index contributed by atoms with van der Waals surface area (Å²) in [4.78, 5) is 12.1. The molecule has 2 aliphatic heterocycles. The van der Waals surface area contributed by atoms with Crippen molar-refractivity contribution in [3.05, 3.63) is 0 Å². The van der Waals surface area contributed by atoms with Gasteiger partial charge >= 0.3 is 0 Å². The van der Waals surface area contributed by atoms with Gasteiger partial charge in [-0.2, -0.15) is 0 Å². The number of carbonyl (C=O) groups excluding carboxylic acids is 1. The highest BCUT2D eigenvalue weighted by Crippen LogP contribution is 2.32. The van der Waals surface area contributed by atoms with Crippen molar-refractivity contribution in [3.8, 4) is 0 Å². The molecule has 2 saturated heterocycles. The Morgan fingerprint density at radius 2 is 2.11 bits per heavy atom. The first-order valence-corrected chi connectivity index (χ1v) is 6.03. The van der Waals surface area contributed by atoms with Gasteiger partial charge in [0.1, 0.15) is 12.2 Å². The third-order valence-corrected chi connectivity index (χ3v) is 2.83. The van der Waals surface area contributed by atoms with Crippen LogP contribution in [-0.4, -0.2) is 48.9 Å². The highest BCUT2D eigenvalue weighted by atomic mass is 16.8. The maximum Gasteiger partial charge on any atom is 0.195 e. The van der Waals surface area contributed by atoms with E-state index in [0.717, 1.165) is 0 Å². The number of Topliss-reactive ketones (excluding diaryl/α,β-unsaturated/α-hetero) is 1. The first-order chi connectivity index (χ1) is 8.18. The quantitative estimate of drug-likeness (QED) is 0.641. The molecule has 0 aromatic heterocycles. The number of ether oxygens (including phenoxy) is 4. The summed E-state index contributed by atoms with van der Waals surface area (Å²) in [6.07, 6.45) is -1.75. The number of fused-ring (bicyclic) bond motifs is 1. The number of hydrogen-bond acceptors (Lipinski definition) is 6. The van der Waals surface area contributed by atoms with E-state index in [1.54, 1.807) is 13.8 Å². The minimum absolute atomic E-state index is 0.0532. The van der Waals surface area contributed by atoms with Crippen molar-refractivity contribution in [1.29, 1.82) is 0 Å². The second-order valence-corrected chi connectivity index (χ2v) is 5.53. The maximum absolute atomic E-state index is 12.1. The van der Waals surface area contributed by atoms with Gasteiger partial charge in [-0.3, -0.25) is 4.79 Å². The molecule has 0 unspecified atom stereocenters. The average Bonchev–Trinajstić information content (AvgIpc) is 2.51. The van der Waals surface area contributed by atoms with Crippen LogP contribution in [0.5, 0.6) is 0 Å². The number of rotatable bonds is 3. The van der Waals surface area contributed by atoms with Gasteiger partial charge in [0.2, 0.25) is 0 Å². The van der Waals surface area contributed by atoms with E-state index in [1.807, 2.05) is 0 Å². The van der Waals surface area contributed by atoms with Gasteiger partial charge in [-0.05, 0) is 19.6 Å². The zero-order chi connectivity index (χ0) is 13.6. The Hall–Kier alpha value is -0.530. The van der Waals surface area contributed by atoms with Gasteiger partial charge in [0, 0.05) is 0 Å². The summed E-state index contributed by atoms with van der Waals surface area (Å²) >= 11 is 0. The predicted molar refractivity (Wildman–Crippen MR) is 58.6 cm³/mol. The van der Waals surface area contributed by atoms with Gasteiger partial charge in [-0.15, -0.1) is 0 Å². The van der Waals surface area contributed by atoms with Crippen LogP contribution in [0.2, 0.25) is 0 Å². The summed E-state index contributed by atoms with van der Waals surface area (Å²) in [5.41, 5.74) is 0. The number of hydrogen-bond donors (Lipinski definition) is 0. The topological polar surface area (TPSA) is 77.1 Å². The van der Waals surface area contributed by atoms with E-state index in [2.05, 4.69) is 0 Å². The Kier molecular flexibility index (Phi) is 3.50. The molecule has 2 aliphatic rings. The lowest BCUT2D eigenvalue weighted by Crippen LogP contribution is -2.52. The molecule has 0 saturated carbocycles. The fraction of sp³-hybridized carbons (Fsp3) is 0.917. The molecule has 0 spiro atoms. The molecule has 0 N–H and O–H groups in total. The van der Waals surface area contributed by atoms with Gasteiger partial charge in [0.25, 0.3) is 0 Å². The molecule has 0 radical (unpaired) electrons. The molecule has 2 rings (SSSR count). The fourth-order valence-electron chi connectivity index (χ4n) is 2.08. The molecule has 0 aromatic carbocycles. The van der Waals surface area contributed by atoms with E-state index in [9.17, 15) is 9.90 Å². The van der Waals surface area contributed by atoms with Crippen molar-refractivity contribution < 1.29 is 28.8 Å². The fourth-order valence-corrected chi connectivity index (χ4v) is 2.08. The van der Waals surface area contributed by atoms with Crippen LogP contribution in [0.3, 0.4) is 0 Å². The third kappa shape index (κ3) is 3.07. The normalized spacial score (nSPS) is 35.6. The lowest BCUT2D eigenvalue weighted by molar-refractivity contribution is -0.543. The standard InChI is InChI=1S/C12H19O6/c1-11(2,14)16-6-7-9(13)10-8(5-15-7)17-12(3,4)18-10/h7-8,10H,5-6H2,1-4H3/q-1/t7-,8-,10-/m0/s1. The molecule has 0 amide bonds. The summed E-state index contributed by atoms with van der Waals surface area (Å²) in [6.45, 7) is 6.51. The van der Waals surface area contributed by atoms with E-state index >= 15 is 0 Å². The Morgan fingerprint density at radius 3 is 2.72 bits per heavy atom. The Labute approximate surface area is 106 Å². The second kappa shape index (κ2) is 4.54. The van der Waals surface area contributed by atoms with Crippen molar-refractivity contribution in [3.63, 3.8) is 0 Å². The van der Waals surface area contributed by atoms with E-state index in [1.165, 1.54) is 13.8 Å². The Balaban J connectivity index is 1.96. The molecule has 18 heavy (non-hydrogen) atoms.